The van der Waals surface area contributed by atoms with Crippen molar-refractivity contribution in [3.8, 4) is 11.1 Å². The molecule has 0 bridgehead atoms. The van der Waals surface area contributed by atoms with E-state index in [0.717, 1.165) is 16.6 Å². The number of nitrogens with zero attached hydrogens (tertiary/aromatic N) is 3. The first-order valence-electron chi connectivity index (χ1n) is 10.5. The molecule has 2 amide bonds. The lowest BCUT2D eigenvalue weighted by Gasteiger charge is -2.47. The van der Waals surface area contributed by atoms with Gasteiger partial charge < -0.3 is 20.5 Å². The Morgan fingerprint density at radius 3 is 2.45 bits per heavy atom. The molecular weight excluding hydrogens is 392 g/mol. The van der Waals surface area contributed by atoms with Crippen LogP contribution in [-0.4, -0.2) is 39.3 Å². The van der Waals surface area contributed by atoms with E-state index in [4.69, 9.17) is 5.73 Å². The molecule has 1 fully saturated rings. The van der Waals surface area contributed by atoms with Crippen LogP contribution in [0.2, 0.25) is 0 Å². The predicted octanol–water partition coefficient (Wildman–Crippen LogP) is 3.20. The molecule has 1 saturated heterocycles. The number of aromatic nitrogens is 2. The lowest BCUT2D eigenvalue weighted by atomic mass is 9.79. The van der Waals surface area contributed by atoms with Crippen molar-refractivity contribution >= 4 is 22.9 Å². The number of carbonyl (C=O) groups is 2. The first-order valence-corrected chi connectivity index (χ1v) is 10.5. The van der Waals surface area contributed by atoms with Crippen LogP contribution in [0, 0.1) is 5.41 Å². The third-order valence-corrected chi connectivity index (χ3v) is 6.24. The van der Waals surface area contributed by atoms with E-state index in [0.29, 0.717) is 30.3 Å². The van der Waals surface area contributed by atoms with Crippen molar-refractivity contribution in [3.05, 3.63) is 54.2 Å². The van der Waals surface area contributed by atoms with Gasteiger partial charge in [0.25, 0.3) is 0 Å². The van der Waals surface area contributed by atoms with Gasteiger partial charge in [-0.05, 0) is 41.5 Å². The number of fused-ring (bicyclic) bond motifs is 1. The molecule has 7 nitrogen and oxygen atoms in total. The van der Waals surface area contributed by atoms with Crippen molar-refractivity contribution in [2.45, 2.75) is 45.7 Å². The zero-order valence-electron chi connectivity index (χ0n) is 18.0. The molecule has 0 aliphatic carbocycles. The quantitative estimate of drug-likeness (QED) is 0.704. The summed E-state index contributed by atoms with van der Waals surface area (Å²) in [5.74, 6) is -0.498. The molecule has 0 spiro atoms. The monoisotopic (exact) mass is 419 g/mol. The highest BCUT2D eigenvalue weighted by atomic mass is 16.4. The Labute approximate surface area is 181 Å². The molecule has 162 valence electrons. The molecule has 2 unspecified atom stereocenters. The maximum Gasteiger partial charge on any atom is 0.249 e. The second-order valence-electron chi connectivity index (χ2n) is 9.30. The van der Waals surface area contributed by atoms with Gasteiger partial charge in [0.05, 0.1) is 23.3 Å². The molecular formula is C24H27N4O3-. The van der Waals surface area contributed by atoms with Crippen LogP contribution < -0.4 is 10.8 Å². The Kier molecular flexibility index (Phi) is 5.21. The highest BCUT2D eigenvalue weighted by Crippen LogP contribution is 2.38. The minimum atomic E-state index is -1.13. The van der Waals surface area contributed by atoms with E-state index < -0.39 is 12.0 Å². The van der Waals surface area contributed by atoms with Crippen LogP contribution in [0.15, 0.2) is 48.7 Å². The van der Waals surface area contributed by atoms with Crippen molar-refractivity contribution in [1.82, 2.24) is 14.7 Å². The zero-order valence-corrected chi connectivity index (χ0v) is 18.0. The maximum atomic E-state index is 12.2. The number of carbonyl (C=O) groups excluding carboxylic acids is 2. The van der Waals surface area contributed by atoms with Gasteiger partial charge >= 0.3 is 0 Å². The lowest BCUT2D eigenvalue weighted by Crippen LogP contribution is -2.56. The van der Waals surface area contributed by atoms with Crippen molar-refractivity contribution in [1.29, 1.82) is 0 Å². The first kappa shape index (κ1) is 20.9. The number of hydrogen-bond acceptors (Lipinski definition) is 4. The number of rotatable bonds is 3. The summed E-state index contributed by atoms with van der Waals surface area (Å²) in [5.41, 5.74) is 8.59. The minimum Gasteiger partial charge on any atom is -0.530 e. The number of nitrogens with two attached hydrogens (primary N) is 1. The molecule has 4 rings (SSSR count). The Balaban J connectivity index is 1.80. The van der Waals surface area contributed by atoms with Crippen molar-refractivity contribution < 1.29 is 14.7 Å². The number of primary amides is 1. The molecule has 2 N–H and O–H groups in total. The molecule has 7 heteroatoms. The van der Waals surface area contributed by atoms with Crippen LogP contribution in [0.4, 0.5) is 4.79 Å². The van der Waals surface area contributed by atoms with Gasteiger partial charge in [-0.1, -0.05) is 51.1 Å². The Hall–Kier alpha value is -3.35. The summed E-state index contributed by atoms with van der Waals surface area (Å²) in [6.45, 7) is 6.50. The second-order valence-corrected chi connectivity index (χ2v) is 9.30. The van der Waals surface area contributed by atoms with Crippen LogP contribution >= 0.6 is 0 Å². The third kappa shape index (κ3) is 3.87. The standard InChI is InChI=1S/C24H28N4O3/c1-24(2,3)21-13-17(9-10-27(21)23(30)31)28-20-12-16(15-7-5-4-6-8-15)11-18(22(25)29)19(20)14-26-28/h4-8,11-12,14,17,21H,9-10,13H2,1-3H3,(H2,25,29)(H,30,31)/p-1. The SMILES string of the molecule is CC(C)(C)C1CC(n2ncc3c(C(N)=O)cc(-c4ccccc4)cc32)CCN1C(=O)[O-]. The third-order valence-electron chi connectivity index (χ3n) is 6.24. The second kappa shape index (κ2) is 7.72. The van der Waals surface area contributed by atoms with Gasteiger partial charge in [0.15, 0.2) is 0 Å². The van der Waals surface area contributed by atoms with E-state index in [9.17, 15) is 14.7 Å². The largest absolute Gasteiger partial charge is 0.530 e. The smallest absolute Gasteiger partial charge is 0.249 e. The first-order chi connectivity index (χ1) is 14.7. The average molecular weight is 420 g/mol. The summed E-state index contributed by atoms with van der Waals surface area (Å²) in [7, 11) is 0. The van der Waals surface area contributed by atoms with E-state index in [1.807, 2.05) is 67.9 Å². The van der Waals surface area contributed by atoms with Crippen molar-refractivity contribution in [2.75, 3.05) is 6.54 Å². The number of likely N-dealkylation sites (tertiary alicyclic amines) is 1. The van der Waals surface area contributed by atoms with Crippen molar-refractivity contribution in [3.63, 3.8) is 0 Å². The van der Waals surface area contributed by atoms with Gasteiger partial charge in [-0.25, -0.2) is 0 Å². The van der Waals surface area contributed by atoms with Crippen LogP contribution in [0.1, 0.15) is 50.0 Å². The highest BCUT2D eigenvalue weighted by molar-refractivity contribution is 6.07. The summed E-state index contributed by atoms with van der Waals surface area (Å²) in [6.07, 6.45) is 1.79. The van der Waals surface area contributed by atoms with Gasteiger partial charge in [0.1, 0.15) is 6.09 Å². The summed E-state index contributed by atoms with van der Waals surface area (Å²) in [4.78, 5) is 25.3. The van der Waals surface area contributed by atoms with Gasteiger partial charge in [-0.3, -0.25) is 9.48 Å². The number of piperidine rings is 1. The Morgan fingerprint density at radius 2 is 1.84 bits per heavy atom. The number of carboxylic acid groups (broad SMARTS) is 1. The fraction of sp³-hybridized carbons (Fsp3) is 0.375. The van der Waals surface area contributed by atoms with E-state index >= 15 is 0 Å². The normalized spacial score (nSPS) is 19.5. The predicted molar refractivity (Wildman–Crippen MR) is 117 cm³/mol. The molecule has 2 atom stereocenters. The van der Waals surface area contributed by atoms with Crippen LogP contribution in [0.5, 0.6) is 0 Å². The fourth-order valence-corrected chi connectivity index (χ4v) is 4.65. The van der Waals surface area contributed by atoms with Crippen LogP contribution in [0.25, 0.3) is 22.0 Å². The number of amides is 2. The van der Waals surface area contributed by atoms with E-state index in [2.05, 4.69) is 5.10 Å². The van der Waals surface area contributed by atoms with E-state index in [-0.39, 0.29) is 17.5 Å². The highest BCUT2D eigenvalue weighted by Gasteiger charge is 2.37. The minimum absolute atomic E-state index is 0.00377. The van der Waals surface area contributed by atoms with Crippen molar-refractivity contribution in [2.24, 2.45) is 11.1 Å². The molecule has 1 aliphatic rings. The summed E-state index contributed by atoms with van der Waals surface area (Å²) in [5, 5.41) is 17.0. The lowest BCUT2D eigenvalue weighted by molar-refractivity contribution is -0.271. The molecule has 3 aromatic rings. The zero-order chi connectivity index (χ0) is 22.3. The van der Waals surface area contributed by atoms with E-state index in [1.165, 1.54) is 4.90 Å². The maximum absolute atomic E-state index is 12.2. The average Bonchev–Trinajstić information content (AvgIpc) is 3.16. The Morgan fingerprint density at radius 1 is 1.13 bits per heavy atom. The number of hydrogen-bond donors (Lipinski definition) is 1. The Bertz CT molecular complexity index is 1130. The van der Waals surface area contributed by atoms with Gasteiger partial charge in [0, 0.05) is 18.0 Å². The topological polar surface area (TPSA) is 104 Å². The molecule has 31 heavy (non-hydrogen) atoms. The van der Waals surface area contributed by atoms with Crippen LogP contribution in [0.3, 0.4) is 0 Å². The van der Waals surface area contributed by atoms with Gasteiger partial charge in [-0.15, -0.1) is 0 Å². The van der Waals surface area contributed by atoms with Gasteiger partial charge in [-0.2, -0.15) is 5.10 Å². The van der Waals surface area contributed by atoms with Crippen LogP contribution in [-0.2, 0) is 0 Å². The summed E-state index contributed by atoms with van der Waals surface area (Å²) in [6, 6.07) is 13.5. The molecule has 1 aliphatic heterocycles. The molecule has 2 heterocycles. The fourth-order valence-electron chi connectivity index (χ4n) is 4.65. The molecule has 2 aromatic carbocycles. The molecule has 0 saturated carbocycles. The number of benzene rings is 2. The molecule has 1 aromatic heterocycles. The molecule has 0 radical (unpaired) electrons. The summed E-state index contributed by atoms with van der Waals surface area (Å²) < 4.78 is 1.93. The van der Waals surface area contributed by atoms with E-state index in [1.54, 1.807) is 6.20 Å². The van der Waals surface area contributed by atoms with Gasteiger partial charge in [0.2, 0.25) is 5.91 Å². The summed E-state index contributed by atoms with van der Waals surface area (Å²) >= 11 is 0.